The smallest absolute Gasteiger partial charge is 0.314 e. The summed E-state index contributed by atoms with van der Waals surface area (Å²) in [6, 6.07) is 4.05. The van der Waals surface area contributed by atoms with Gasteiger partial charge >= 0.3 is 6.03 Å². The van der Waals surface area contributed by atoms with Gasteiger partial charge in [0.2, 0.25) is 0 Å². The average Bonchev–Trinajstić information content (AvgIpc) is 3.07. The van der Waals surface area contributed by atoms with Crippen LogP contribution in [0.3, 0.4) is 0 Å². The third kappa shape index (κ3) is 5.18. The number of amides is 2. The third-order valence-corrected chi connectivity index (χ3v) is 4.21. The molecule has 0 unspecified atom stereocenters. The monoisotopic (exact) mass is 320 g/mol. The van der Waals surface area contributed by atoms with Gasteiger partial charge in [-0.1, -0.05) is 6.92 Å². The van der Waals surface area contributed by atoms with Crippen LogP contribution in [-0.4, -0.2) is 28.9 Å². The van der Waals surface area contributed by atoms with Crippen LogP contribution in [0, 0.1) is 19.8 Å². The molecule has 22 heavy (non-hydrogen) atoms. The lowest BCUT2D eigenvalue weighted by atomic mass is 10.2. The van der Waals surface area contributed by atoms with Crippen LogP contribution in [0.4, 0.5) is 4.79 Å². The van der Waals surface area contributed by atoms with E-state index in [9.17, 15) is 4.79 Å². The summed E-state index contributed by atoms with van der Waals surface area (Å²) in [5.74, 6) is 0.334. The van der Waals surface area contributed by atoms with Gasteiger partial charge in [-0.05, 0) is 54.6 Å². The van der Waals surface area contributed by atoms with E-state index in [0.717, 1.165) is 24.4 Å². The molecular formula is C16H24N4OS. The number of rotatable bonds is 7. The average molecular weight is 320 g/mol. The van der Waals surface area contributed by atoms with Crippen LogP contribution in [0.25, 0.3) is 0 Å². The maximum atomic E-state index is 11.8. The van der Waals surface area contributed by atoms with Crippen molar-refractivity contribution in [3.63, 3.8) is 0 Å². The molecule has 2 rings (SSSR count). The molecule has 0 spiro atoms. The number of nitrogens with zero attached hydrogens (tertiary/aromatic N) is 2. The summed E-state index contributed by atoms with van der Waals surface area (Å²) in [5.41, 5.74) is 3.46. The SMILES string of the molecule is Cc1cc(C)n(C[C@@H](C)CNC(=O)NCCc2ccsc2)n1. The number of hydrogen-bond donors (Lipinski definition) is 2. The minimum atomic E-state index is -0.101. The lowest BCUT2D eigenvalue weighted by Gasteiger charge is -2.14. The van der Waals surface area contributed by atoms with Gasteiger partial charge < -0.3 is 10.6 Å². The quantitative estimate of drug-likeness (QED) is 0.824. The predicted molar refractivity (Wildman–Crippen MR) is 90.3 cm³/mol. The number of thiophene rings is 1. The van der Waals surface area contributed by atoms with E-state index in [1.54, 1.807) is 11.3 Å². The van der Waals surface area contributed by atoms with Gasteiger partial charge in [-0.2, -0.15) is 16.4 Å². The van der Waals surface area contributed by atoms with Crippen molar-refractivity contribution in [3.8, 4) is 0 Å². The van der Waals surface area contributed by atoms with Gasteiger partial charge in [0.25, 0.3) is 0 Å². The Balaban J connectivity index is 1.64. The zero-order chi connectivity index (χ0) is 15.9. The van der Waals surface area contributed by atoms with Gasteiger partial charge in [0.1, 0.15) is 0 Å². The first-order valence-electron chi connectivity index (χ1n) is 7.58. The Morgan fingerprint density at radius 2 is 2.23 bits per heavy atom. The zero-order valence-electron chi connectivity index (χ0n) is 13.4. The summed E-state index contributed by atoms with van der Waals surface area (Å²) in [5, 5.41) is 14.4. The molecule has 0 saturated heterocycles. The number of nitrogens with one attached hydrogen (secondary N) is 2. The van der Waals surface area contributed by atoms with Gasteiger partial charge in [-0.15, -0.1) is 0 Å². The van der Waals surface area contributed by atoms with Crippen molar-refractivity contribution in [2.75, 3.05) is 13.1 Å². The molecule has 2 amide bonds. The highest BCUT2D eigenvalue weighted by Gasteiger charge is 2.08. The molecule has 0 fully saturated rings. The van der Waals surface area contributed by atoms with Crippen molar-refractivity contribution in [1.82, 2.24) is 20.4 Å². The molecule has 6 heteroatoms. The zero-order valence-corrected chi connectivity index (χ0v) is 14.2. The Labute approximate surface area is 135 Å². The maximum absolute atomic E-state index is 11.8. The fourth-order valence-electron chi connectivity index (χ4n) is 2.30. The Hall–Kier alpha value is -1.82. The Kier molecular flexibility index (Phi) is 6.00. The Morgan fingerprint density at radius 3 is 2.86 bits per heavy atom. The molecule has 2 aromatic rings. The summed E-state index contributed by atoms with van der Waals surface area (Å²) in [6.45, 7) is 8.28. The van der Waals surface area contributed by atoms with Crippen molar-refractivity contribution >= 4 is 17.4 Å². The van der Waals surface area contributed by atoms with E-state index in [-0.39, 0.29) is 6.03 Å². The van der Waals surface area contributed by atoms with Gasteiger partial charge in [0, 0.05) is 25.3 Å². The van der Waals surface area contributed by atoms with E-state index < -0.39 is 0 Å². The van der Waals surface area contributed by atoms with Crippen molar-refractivity contribution < 1.29 is 4.79 Å². The van der Waals surface area contributed by atoms with E-state index in [2.05, 4.69) is 52.5 Å². The molecule has 2 aromatic heterocycles. The van der Waals surface area contributed by atoms with Crippen LogP contribution in [0.5, 0.6) is 0 Å². The van der Waals surface area contributed by atoms with Crippen molar-refractivity contribution in [1.29, 1.82) is 0 Å². The molecular weight excluding hydrogens is 296 g/mol. The summed E-state index contributed by atoms with van der Waals surface area (Å²) in [6.07, 6.45) is 0.873. The second kappa shape index (κ2) is 7.98. The molecule has 0 bridgehead atoms. The lowest BCUT2D eigenvalue weighted by Crippen LogP contribution is -2.39. The Morgan fingerprint density at radius 1 is 1.41 bits per heavy atom. The predicted octanol–water partition coefficient (Wildman–Crippen LogP) is 2.74. The fourth-order valence-corrected chi connectivity index (χ4v) is 3.01. The summed E-state index contributed by atoms with van der Waals surface area (Å²) >= 11 is 1.68. The molecule has 120 valence electrons. The largest absolute Gasteiger partial charge is 0.338 e. The number of urea groups is 1. The number of hydrogen-bond acceptors (Lipinski definition) is 3. The molecule has 0 saturated carbocycles. The molecule has 0 radical (unpaired) electrons. The van der Waals surface area contributed by atoms with Crippen LogP contribution >= 0.6 is 11.3 Å². The maximum Gasteiger partial charge on any atom is 0.314 e. The second-order valence-electron chi connectivity index (χ2n) is 5.73. The highest BCUT2D eigenvalue weighted by Crippen LogP contribution is 2.06. The van der Waals surface area contributed by atoms with E-state index >= 15 is 0 Å². The third-order valence-electron chi connectivity index (χ3n) is 3.48. The highest BCUT2D eigenvalue weighted by atomic mass is 32.1. The van der Waals surface area contributed by atoms with Crippen molar-refractivity contribution in [2.24, 2.45) is 5.92 Å². The molecule has 2 heterocycles. The van der Waals surface area contributed by atoms with Crippen LogP contribution in [0.2, 0.25) is 0 Å². The number of carbonyl (C=O) groups is 1. The molecule has 0 aliphatic rings. The topological polar surface area (TPSA) is 59.0 Å². The fraction of sp³-hybridized carbons (Fsp3) is 0.500. The lowest BCUT2D eigenvalue weighted by molar-refractivity contribution is 0.238. The van der Waals surface area contributed by atoms with Gasteiger partial charge in [0.15, 0.2) is 0 Å². The van der Waals surface area contributed by atoms with E-state index in [1.807, 2.05) is 11.6 Å². The first-order chi connectivity index (χ1) is 10.5. The van der Waals surface area contributed by atoms with Crippen molar-refractivity contribution in [3.05, 3.63) is 39.8 Å². The summed E-state index contributed by atoms with van der Waals surface area (Å²) < 4.78 is 2.00. The van der Waals surface area contributed by atoms with E-state index in [0.29, 0.717) is 19.0 Å². The minimum Gasteiger partial charge on any atom is -0.338 e. The first-order valence-corrected chi connectivity index (χ1v) is 8.52. The standard InChI is InChI=1S/C16H24N4OS/c1-12(10-20-14(3)8-13(2)19-20)9-18-16(21)17-6-4-15-5-7-22-11-15/h5,7-8,11-12H,4,6,9-10H2,1-3H3,(H2,17,18,21)/t12-/m0/s1. The highest BCUT2D eigenvalue weighted by molar-refractivity contribution is 7.07. The molecule has 2 N–H and O–H groups in total. The number of carbonyl (C=O) groups excluding carboxylic acids is 1. The van der Waals surface area contributed by atoms with E-state index in [1.165, 1.54) is 5.56 Å². The summed E-state index contributed by atoms with van der Waals surface area (Å²) in [4.78, 5) is 11.8. The molecule has 0 aromatic carbocycles. The van der Waals surface area contributed by atoms with E-state index in [4.69, 9.17) is 0 Å². The van der Waals surface area contributed by atoms with Crippen LogP contribution in [0.1, 0.15) is 23.9 Å². The number of aryl methyl sites for hydroxylation is 2. The second-order valence-corrected chi connectivity index (χ2v) is 6.51. The van der Waals surface area contributed by atoms with Crippen LogP contribution < -0.4 is 10.6 Å². The molecule has 1 atom stereocenters. The van der Waals surface area contributed by atoms with Crippen LogP contribution in [-0.2, 0) is 13.0 Å². The molecule has 5 nitrogen and oxygen atoms in total. The summed E-state index contributed by atoms with van der Waals surface area (Å²) in [7, 11) is 0. The van der Waals surface area contributed by atoms with Gasteiger partial charge in [0.05, 0.1) is 5.69 Å². The first kappa shape index (κ1) is 16.5. The molecule has 0 aliphatic carbocycles. The Bertz CT molecular complexity index is 591. The van der Waals surface area contributed by atoms with Crippen LogP contribution in [0.15, 0.2) is 22.9 Å². The van der Waals surface area contributed by atoms with Gasteiger partial charge in [-0.3, -0.25) is 4.68 Å². The minimum absolute atomic E-state index is 0.101. The number of aromatic nitrogens is 2. The van der Waals surface area contributed by atoms with Crippen molar-refractivity contribution in [2.45, 2.75) is 33.7 Å². The van der Waals surface area contributed by atoms with Gasteiger partial charge in [-0.25, -0.2) is 4.79 Å². The normalized spacial score (nSPS) is 12.1. The molecule has 0 aliphatic heterocycles.